The molecule has 2 heterocycles. The van der Waals surface area contributed by atoms with E-state index in [4.69, 9.17) is 21.4 Å². The lowest BCUT2D eigenvalue weighted by Crippen LogP contribution is -2.25. The number of alkyl halides is 1. The van der Waals surface area contributed by atoms with Gasteiger partial charge in [-0.05, 0) is 31.5 Å². The van der Waals surface area contributed by atoms with E-state index >= 15 is 0 Å². The summed E-state index contributed by atoms with van der Waals surface area (Å²) >= 11 is 6.07. The predicted molar refractivity (Wildman–Crippen MR) is 99.1 cm³/mol. The van der Waals surface area contributed by atoms with Crippen molar-refractivity contribution < 1.29 is 14.6 Å². The van der Waals surface area contributed by atoms with Gasteiger partial charge in [0.05, 0.1) is 11.4 Å². The number of fused-ring (bicyclic) bond motifs is 1. The van der Waals surface area contributed by atoms with E-state index < -0.39 is 6.09 Å². The van der Waals surface area contributed by atoms with Crippen molar-refractivity contribution in [2.45, 2.75) is 26.3 Å². The zero-order chi connectivity index (χ0) is 18.7. The molecule has 0 spiro atoms. The SMILES string of the molecule is Cc1nc(Oc2ccccc2)c2nc(CCl)n(CCNC(=O)O)c2c1C. The number of halogens is 1. The van der Waals surface area contributed by atoms with Crippen LogP contribution in [-0.4, -0.2) is 32.3 Å². The number of aryl methyl sites for hydroxylation is 2. The topological polar surface area (TPSA) is 89.3 Å². The number of benzene rings is 1. The standard InChI is InChI=1S/C18H19ClN4O3/c1-11-12(2)21-17(26-13-6-4-3-5-7-13)15-16(11)23(14(10-19)22-15)9-8-20-18(24)25/h3-7,20H,8-10H2,1-2H3,(H,24,25). The van der Waals surface area contributed by atoms with Gasteiger partial charge in [-0.25, -0.2) is 14.8 Å². The molecule has 3 aromatic rings. The highest BCUT2D eigenvalue weighted by Gasteiger charge is 2.19. The minimum atomic E-state index is -1.07. The van der Waals surface area contributed by atoms with Gasteiger partial charge in [-0.15, -0.1) is 11.6 Å². The number of nitrogens with one attached hydrogen (secondary N) is 1. The van der Waals surface area contributed by atoms with Gasteiger partial charge in [0.25, 0.3) is 0 Å². The summed E-state index contributed by atoms with van der Waals surface area (Å²) in [4.78, 5) is 19.9. The minimum absolute atomic E-state index is 0.199. The molecule has 0 unspecified atom stereocenters. The fourth-order valence-electron chi connectivity index (χ4n) is 2.78. The molecular formula is C18H19ClN4O3. The molecule has 0 aliphatic carbocycles. The molecule has 7 nitrogen and oxygen atoms in total. The van der Waals surface area contributed by atoms with Crippen LogP contribution < -0.4 is 10.1 Å². The number of amides is 1. The normalized spacial score (nSPS) is 10.9. The zero-order valence-electron chi connectivity index (χ0n) is 14.5. The summed E-state index contributed by atoms with van der Waals surface area (Å²) in [6.07, 6.45) is -1.07. The Kier molecular flexibility index (Phi) is 5.27. The molecule has 8 heteroatoms. The number of hydrogen-bond donors (Lipinski definition) is 2. The fraction of sp³-hybridized carbons (Fsp3) is 0.278. The monoisotopic (exact) mass is 374 g/mol. The van der Waals surface area contributed by atoms with Crippen LogP contribution in [0.25, 0.3) is 11.0 Å². The Labute approximate surface area is 155 Å². The molecule has 0 aliphatic rings. The lowest BCUT2D eigenvalue weighted by Gasteiger charge is -2.12. The van der Waals surface area contributed by atoms with Gasteiger partial charge in [0.1, 0.15) is 11.6 Å². The molecule has 0 atom stereocenters. The molecule has 1 amide bonds. The van der Waals surface area contributed by atoms with Crippen molar-refractivity contribution in [3.63, 3.8) is 0 Å². The Bertz CT molecular complexity index is 941. The molecule has 0 saturated carbocycles. The lowest BCUT2D eigenvalue weighted by molar-refractivity contribution is 0.194. The van der Waals surface area contributed by atoms with Gasteiger partial charge in [-0.1, -0.05) is 18.2 Å². The zero-order valence-corrected chi connectivity index (χ0v) is 15.2. The van der Waals surface area contributed by atoms with Crippen LogP contribution in [0.15, 0.2) is 30.3 Å². The first-order valence-electron chi connectivity index (χ1n) is 8.13. The number of carbonyl (C=O) groups is 1. The van der Waals surface area contributed by atoms with E-state index in [1.807, 2.05) is 48.7 Å². The van der Waals surface area contributed by atoms with Gasteiger partial charge in [-0.2, -0.15) is 0 Å². The van der Waals surface area contributed by atoms with Gasteiger partial charge < -0.3 is 19.7 Å². The van der Waals surface area contributed by atoms with Crippen molar-refractivity contribution in [1.82, 2.24) is 19.9 Å². The van der Waals surface area contributed by atoms with E-state index in [1.54, 1.807) is 0 Å². The molecule has 0 bridgehead atoms. The van der Waals surface area contributed by atoms with Crippen molar-refractivity contribution in [2.24, 2.45) is 0 Å². The summed E-state index contributed by atoms with van der Waals surface area (Å²) in [5.74, 6) is 1.91. The van der Waals surface area contributed by atoms with Crippen molar-refractivity contribution in [1.29, 1.82) is 0 Å². The van der Waals surface area contributed by atoms with Crippen LogP contribution in [0.1, 0.15) is 17.1 Å². The van der Waals surface area contributed by atoms with E-state index in [0.29, 0.717) is 29.5 Å². The lowest BCUT2D eigenvalue weighted by atomic mass is 10.2. The molecule has 1 aromatic carbocycles. The first-order valence-corrected chi connectivity index (χ1v) is 8.66. The third kappa shape index (κ3) is 3.57. The number of carboxylic acid groups (broad SMARTS) is 1. The third-order valence-corrected chi connectivity index (χ3v) is 4.34. The Hall–Kier alpha value is -2.80. The van der Waals surface area contributed by atoms with Gasteiger partial charge in [0.15, 0.2) is 5.52 Å². The van der Waals surface area contributed by atoms with Crippen LogP contribution in [0.4, 0.5) is 4.79 Å². The third-order valence-electron chi connectivity index (χ3n) is 4.11. The minimum Gasteiger partial charge on any atom is -0.465 e. The number of nitrogens with zero attached hydrogens (tertiary/aromatic N) is 3. The molecule has 26 heavy (non-hydrogen) atoms. The first-order chi connectivity index (χ1) is 12.5. The van der Waals surface area contributed by atoms with Crippen LogP contribution >= 0.6 is 11.6 Å². The van der Waals surface area contributed by atoms with Gasteiger partial charge in [0, 0.05) is 18.8 Å². The van der Waals surface area contributed by atoms with E-state index in [1.165, 1.54) is 0 Å². The van der Waals surface area contributed by atoms with E-state index in [2.05, 4.69) is 15.3 Å². The second-order valence-electron chi connectivity index (χ2n) is 5.78. The highest BCUT2D eigenvalue weighted by molar-refractivity contribution is 6.17. The van der Waals surface area contributed by atoms with E-state index in [-0.39, 0.29) is 12.4 Å². The number of pyridine rings is 1. The Morgan fingerprint density at radius 3 is 2.65 bits per heavy atom. The maximum atomic E-state index is 10.7. The molecule has 2 N–H and O–H groups in total. The van der Waals surface area contributed by atoms with Crippen molar-refractivity contribution in [2.75, 3.05) is 6.54 Å². The molecular weight excluding hydrogens is 356 g/mol. The Morgan fingerprint density at radius 1 is 1.27 bits per heavy atom. The molecule has 0 saturated heterocycles. The summed E-state index contributed by atoms with van der Waals surface area (Å²) in [6, 6.07) is 9.37. The van der Waals surface area contributed by atoms with Crippen LogP contribution in [0.2, 0.25) is 0 Å². The fourth-order valence-corrected chi connectivity index (χ4v) is 2.98. The number of rotatable bonds is 6. The van der Waals surface area contributed by atoms with E-state index in [9.17, 15) is 4.79 Å². The molecule has 0 radical (unpaired) electrons. The van der Waals surface area contributed by atoms with Crippen LogP contribution in [-0.2, 0) is 12.4 Å². The molecule has 3 rings (SSSR count). The number of ether oxygens (including phenoxy) is 1. The average molecular weight is 375 g/mol. The number of imidazole rings is 1. The number of para-hydroxylation sites is 1. The Morgan fingerprint density at radius 2 is 2.00 bits per heavy atom. The number of aromatic nitrogens is 3. The highest BCUT2D eigenvalue weighted by Crippen LogP contribution is 2.32. The van der Waals surface area contributed by atoms with Crippen molar-refractivity contribution in [3.8, 4) is 11.6 Å². The molecule has 0 aliphatic heterocycles. The molecule has 0 fully saturated rings. The summed E-state index contributed by atoms with van der Waals surface area (Å²) < 4.78 is 7.86. The molecule has 2 aromatic heterocycles. The summed E-state index contributed by atoms with van der Waals surface area (Å²) in [5.41, 5.74) is 3.24. The Balaban J connectivity index is 2.08. The van der Waals surface area contributed by atoms with Gasteiger partial charge in [-0.3, -0.25) is 0 Å². The second-order valence-corrected chi connectivity index (χ2v) is 6.05. The largest absolute Gasteiger partial charge is 0.465 e. The van der Waals surface area contributed by atoms with Crippen molar-refractivity contribution in [3.05, 3.63) is 47.4 Å². The summed E-state index contributed by atoms with van der Waals surface area (Å²) in [6.45, 7) is 4.53. The molecule has 136 valence electrons. The highest BCUT2D eigenvalue weighted by atomic mass is 35.5. The van der Waals surface area contributed by atoms with E-state index in [0.717, 1.165) is 16.8 Å². The van der Waals surface area contributed by atoms with Crippen LogP contribution in [0.3, 0.4) is 0 Å². The van der Waals surface area contributed by atoms with Crippen molar-refractivity contribution >= 4 is 28.7 Å². The second kappa shape index (κ2) is 7.61. The smallest absolute Gasteiger partial charge is 0.404 e. The van der Waals surface area contributed by atoms with Gasteiger partial charge >= 0.3 is 6.09 Å². The first kappa shape index (κ1) is 18.0. The summed E-state index contributed by atoms with van der Waals surface area (Å²) in [7, 11) is 0. The average Bonchev–Trinajstić information content (AvgIpc) is 2.99. The summed E-state index contributed by atoms with van der Waals surface area (Å²) in [5, 5.41) is 11.2. The van der Waals surface area contributed by atoms with Crippen LogP contribution in [0.5, 0.6) is 11.6 Å². The number of hydrogen-bond acceptors (Lipinski definition) is 4. The van der Waals surface area contributed by atoms with Crippen LogP contribution in [0, 0.1) is 13.8 Å². The maximum absolute atomic E-state index is 10.7. The predicted octanol–water partition coefficient (Wildman–Crippen LogP) is 3.85. The maximum Gasteiger partial charge on any atom is 0.404 e. The van der Waals surface area contributed by atoms with Gasteiger partial charge in [0.2, 0.25) is 5.88 Å². The quantitative estimate of drug-likeness (QED) is 0.640.